The molecule has 1 aliphatic rings. The Kier molecular flexibility index (Phi) is 3.43. The molecule has 100 valence electrons. The van der Waals surface area contributed by atoms with Crippen LogP contribution >= 0.6 is 0 Å². The molecule has 1 fully saturated rings. The summed E-state index contributed by atoms with van der Waals surface area (Å²) in [4.78, 5) is -0.464. The third kappa shape index (κ3) is 2.88. The van der Waals surface area contributed by atoms with Gasteiger partial charge in [-0.2, -0.15) is 0 Å². The molecule has 1 heterocycles. The topological polar surface area (TPSA) is 80.3 Å². The summed E-state index contributed by atoms with van der Waals surface area (Å²) in [6.07, 6.45) is 0.218. The average Bonchev–Trinajstić information content (AvgIpc) is 2.57. The van der Waals surface area contributed by atoms with E-state index in [-0.39, 0.29) is 17.9 Å². The van der Waals surface area contributed by atoms with Crippen molar-refractivity contribution in [1.82, 2.24) is 4.72 Å². The summed E-state index contributed by atoms with van der Waals surface area (Å²) < 4.78 is 61.8. The Morgan fingerprint density at radius 1 is 1.28 bits per heavy atom. The van der Waals surface area contributed by atoms with Crippen molar-refractivity contribution in [2.75, 3.05) is 11.5 Å². The van der Waals surface area contributed by atoms with Crippen LogP contribution in [0.25, 0.3) is 0 Å². The van der Waals surface area contributed by atoms with Crippen LogP contribution < -0.4 is 4.72 Å². The van der Waals surface area contributed by atoms with Gasteiger partial charge in [0.15, 0.2) is 9.84 Å². The second-order valence-electron chi connectivity index (χ2n) is 4.15. The van der Waals surface area contributed by atoms with E-state index >= 15 is 0 Å². The maximum atomic E-state index is 13.4. The normalized spacial score (nSPS) is 23.1. The minimum atomic E-state index is -4.01. The summed E-state index contributed by atoms with van der Waals surface area (Å²) in [6.45, 7) is 0. The predicted molar refractivity (Wildman–Crippen MR) is 63.8 cm³/mol. The van der Waals surface area contributed by atoms with Crippen LogP contribution in [0.1, 0.15) is 6.42 Å². The molecule has 1 aromatic carbocycles. The Balaban J connectivity index is 2.22. The maximum Gasteiger partial charge on any atom is 0.243 e. The van der Waals surface area contributed by atoms with E-state index in [1.165, 1.54) is 12.1 Å². The van der Waals surface area contributed by atoms with E-state index < -0.39 is 36.6 Å². The van der Waals surface area contributed by atoms with Crippen LogP contribution in [0.5, 0.6) is 0 Å². The summed E-state index contributed by atoms with van der Waals surface area (Å²) in [5.74, 6) is -1.14. The van der Waals surface area contributed by atoms with Crippen LogP contribution in [0.2, 0.25) is 0 Å². The van der Waals surface area contributed by atoms with Crippen molar-refractivity contribution in [3.8, 4) is 0 Å². The molecular weight excluding hydrogens is 281 g/mol. The standard InChI is InChI=1S/C10H12FNO4S2/c11-9-3-1-2-4-10(9)18(15,16)12-8-5-6-17(13,14)7-8/h1-4,8,12H,5-7H2. The zero-order valence-electron chi connectivity index (χ0n) is 9.34. The van der Waals surface area contributed by atoms with Crippen LogP contribution in [0, 0.1) is 5.82 Å². The molecule has 2 rings (SSSR count). The smallest absolute Gasteiger partial charge is 0.229 e. The number of rotatable bonds is 3. The van der Waals surface area contributed by atoms with Gasteiger partial charge in [0, 0.05) is 6.04 Å². The van der Waals surface area contributed by atoms with Gasteiger partial charge in [0.2, 0.25) is 10.0 Å². The Labute approximate surface area is 105 Å². The van der Waals surface area contributed by atoms with Gasteiger partial charge in [-0.3, -0.25) is 0 Å². The lowest BCUT2D eigenvalue weighted by molar-refractivity contribution is 0.544. The molecule has 0 spiro atoms. The van der Waals surface area contributed by atoms with Crippen LogP contribution in [-0.4, -0.2) is 34.4 Å². The minimum absolute atomic E-state index is 0.0442. The highest BCUT2D eigenvalue weighted by atomic mass is 32.2. The first-order chi connectivity index (χ1) is 8.30. The lowest BCUT2D eigenvalue weighted by Crippen LogP contribution is -2.35. The molecule has 0 saturated carbocycles. The summed E-state index contributed by atoms with van der Waals surface area (Å²) in [5.41, 5.74) is 0. The summed E-state index contributed by atoms with van der Waals surface area (Å²) in [6, 6.07) is 4.29. The number of nitrogens with one attached hydrogen (secondary N) is 1. The molecule has 1 aliphatic heterocycles. The number of sulfonamides is 1. The van der Waals surface area contributed by atoms with Gasteiger partial charge in [-0.25, -0.2) is 25.9 Å². The zero-order valence-corrected chi connectivity index (χ0v) is 11.0. The number of benzene rings is 1. The highest BCUT2D eigenvalue weighted by Gasteiger charge is 2.32. The van der Waals surface area contributed by atoms with Gasteiger partial charge in [-0.15, -0.1) is 0 Å². The van der Waals surface area contributed by atoms with Gasteiger partial charge in [0.25, 0.3) is 0 Å². The third-order valence-corrected chi connectivity index (χ3v) is 6.00. The lowest BCUT2D eigenvalue weighted by Gasteiger charge is -2.11. The summed E-state index contributed by atoms with van der Waals surface area (Å²) >= 11 is 0. The van der Waals surface area contributed by atoms with Gasteiger partial charge in [0.1, 0.15) is 10.7 Å². The summed E-state index contributed by atoms with van der Waals surface area (Å²) in [7, 11) is -7.19. The molecule has 1 aromatic rings. The van der Waals surface area contributed by atoms with Crippen LogP contribution in [0.15, 0.2) is 29.2 Å². The fourth-order valence-corrected chi connectivity index (χ4v) is 4.96. The molecule has 0 amide bonds. The van der Waals surface area contributed by atoms with E-state index in [0.29, 0.717) is 0 Å². The van der Waals surface area contributed by atoms with Crippen molar-refractivity contribution in [3.05, 3.63) is 30.1 Å². The second kappa shape index (κ2) is 4.60. The van der Waals surface area contributed by atoms with Crippen molar-refractivity contribution < 1.29 is 21.2 Å². The predicted octanol–water partition coefficient (Wildman–Crippen LogP) is 0.291. The zero-order chi connectivity index (χ0) is 13.4. The molecule has 5 nitrogen and oxygen atoms in total. The lowest BCUT2D eigenvalue weighted by atomic mass is 10.3. The van der Waals surface area contributed by atoms with E-state index in [0.717, 1.165) is 12.1 Å². The monoisotopic (exact) mass is 293 g/mol. The largest absolute Gasteiger partial charge is 0.243 e. The Bertz CT molecular complexity index is 654. The van der Waals surface area contributed by atoms with Crippen molar-refractivity contribution in [1.29, 1.82) is 0 Å². The minimum Gasteiger partial charge on any atom is -0.229 e. The van der Waals surface area contributed by atoms with Gasteiger partial charge < -0.3 is 0 Å². The van der Waals surface area contributed by atoms with Crippen LogP contribution in [-0.2, 0) is 19.9 Å². The number of sulfone groups is 1. The highest BCUT2D eigenvalue weighted by Crippen LogP contribution is 2.17. The van der Waals surface area contributed by atoms with Crippen molar-refractivity contribution in [3.63, 3.8) is 0 Å². The molecule has 8 heteroatoms. The molecule has 1 unspecified atom stereocenters. The van der Waals surface area contributed by atoms with E-state index in [9.17, 15) is 21.2 Å². The Hall–Kier alpha value is -0.990. The molecule has 0 aromatic heterocycles. The van der Waals surface area contributed by atoms with Crippen molar-refractivity contribution in [2.24, 2.45) is 0 Å². The maximum absolute atomic E-state index is 13.4. The molecule has 1 saturated heterocycles. The first-order valence-corrected chi connectivity index (χ1v) is 8.58. The fraction of sp³-hybridized carbons (Fsp3) is 0.400. The molecule has 18 heavy (non-hydrogen) atoms. The number of hydrogen-bond acceptors (Lipinski definition) is 4. The SMILES string of the molecule is O=S1(=O)CCC(NS(=O)(=O)c2ccccc2F)C1. The molecule has 0 aliphatic carbocycles. The molecular formula is C10H12FNO4S2. The molecule has 0 radical (unpaired) electrons. The van der Waals surface area contributed by atoms with E-state index in [4.69, 9.17) is 0 Å². The van der Waals surface area contributed by atoms with E-state index in [1.807, 2.05) is 0 Å². The van der Waals surface area contributed by atoms with Gasteiger partial charge >= 0.3 is 0 Å². The number of halogens is 1. The van der Waals surface area contributed by atoms with E-state index in [1.54, 1.807) is 0 Å². The van der Waals surface area contributed by atoms with Gasteiger partial charge in [-0.05, 0) is 18.6 Å². The highest BCUT2D eigenvalue weighted by molar-refractivity contribution is 7.92. The average molecular weight is 293 g/mol. The second-order valence-corrected chi connectivity index (χ2v) is 8.06. The van der Waals surface area contributed by atoms with Crippen molar-refractivity contribution in [2.45, 2.75) is 17.4 Å². The van der Waals surface area contributed by atoms with Gasteiger partial charge in [-0.1, -0.05) is 12.1 Å². The molecule has 1 N–H and O–H groups in total. The Morgan fingerprint density at radius 2 is 1.94 bits per heavy atom. The molecule has 0 bridgehead atoms. The fourth-order valence-electron chi connectivity index (χ4n) is 1.83. The van der Waals surface area contributed by atoms with Crippen molar-refractivity contribution >= 4 is 19.9 Å². The van der Waals surface area contributed by atoms with Crippen LogP contribution in [0.3, 0.4) is 0 Å². The van der Waals surface area contributed by atoms with Gasteiger partial charge in [0.05, 0.1) is 11.5 Å². The first-order valence-electron chi connectivity index (χ1n) is 5.27. The Morgan fingerprint density at radius 3 is 2.50 bits per heavy atom. The van der Waals surface area contributed by atoms with E-state index in [2.05, 4.69) is 4.72 Å². The summed E-state index contributed by atoms with van der Waals surface area (Å²) in [5, 5.41) is 0. The quantitative estimate of drug-likeness (QED) is 0.868. The third-order valence-electron chi connectivity index (χ3n) is 2.68. The molecule has 1 atom stereocenters. The van der Waals surface area contributed by atoms with Crippen LogP contribution in [0.4, 0.5) is 4.39 Å². The number of hydrogen-bond donors (Lipinski definition) is 1. The first kappa shape index (κ1) is 13.4.